The Balaban J connectivity index is 1.79. The molecule has 1 amide bonds. The maximum Gasteiger partial charge on any atom is 0.246 e. The van der Waals surface area contributed by atoms with Crippen molar-refractivity contribution in [3.63, 3.8) is 0 Å². The van der Waals surface area contributed by atoms with E-state index in [0.29, 0.717) is 35.1 Å². The molecule has 0 saturated carbocycles. The molecule has 29 heavy (non-hydrogen) atoms. The highest BCUT2D eigenvalue weighted by molar-refractivity contribution is 7.89. The van der Waals surface area contributed by atoms with E-state index < -0.39 is 15.9 Å². The van der Waals surface area contributed by atoms with Crippen molar-refractivity contribution in [3.8, 4) is 5.75 Å². The van der Waals surface area contributed by atoms with Gasteiger partial charge in [-0.1, -0.05) is 29.3 Å². The number of carbonyl (C=O) groups excluding carboxylic acids is 1. The van der Waals surface area contributed by atoms with E-state index >= 15 is 0 Å². The summed E-state index contributed by atoms with van der Waals surface area (Å²) in [5.41, 5.74) is 1.26. The van der Waals surface area contributed by atoms with Gasteiger partial charge in [0.1, 0.15) is 10.6 Å². The van der Waals surface area contributed by atoms with Crippen molar-refractivity contribution < 1.29 is 17.9 Å². The number of halogens is 2. The van der Waals surface area contributed by atoms with Crippen LogP contribution in [0.15, 0.2) is 41.3 Å². The van der Waals surface area contributed by atoms with Crippen molar-refractivity contribution in [1.29, 1.82) is 0 Å². The number of carbonyl (C=O) groups is 1. The number of ether oxygens (including phenoxy) is 1. The van der Waals surface area contributed by atoms with Crippen LogP contribution < -0.4 is 10.1 Å². The molecule has 0 bridgehead atoms. The largest absolute Gasteiger partial charge is 0.495 e. The third-order valence-electron chi connectivity index (χ3n) is 4.88. The predicted molar refractivity (Wildman–Crippen MR) is 114 cm³/mol. The van der Waals surface area contributed by atoms with Gasteiger partial charge in [0.25, 0.3) is 0 Å². The topological polar surface area (TPSA) is 75.7 Å². The van der Waals surface area contributed by atoms with E-state index in [-0.39, 0.29) is 23.1 Å². The molecule has 0 aromatic heterocycles. The summed E-state index contributed by atoms with van der Waals surface area (Å²) in [5, 5.41) is 3.57. The second-order valence-corrected chi connectivity index (χ2v) is 9.72. The third kappa shape index (κ3) is 4.86. The zero-order chi connectivity index (χ0) is 21.2. The Morgan fingerprint density at radius 2 is 1.97 bits per heavy atom. The highest BCUT2D eigenvalue weighted by Gasteiger charge is 2.35. The van der Waals surface area contributed by atoms with Gasteiger partial charge in [0, 0.05) is 18.1 Å². The van der Waals surface area contributed by atoms with Gasteiger partial charge in [-0.25, -0.2) is 8.42 Å². The zero-order valence-corrected chi connectivity index (χ0v) is 18.4. The minimum atomic E-state index is -3.80. The number of benzene rings is 2. The van der Waals surface area contributed by atoms with E-state index in [2.05, 4.69) is 5.32 Å². The molecule has 2 aromatic carbocycles. The molecule has 0 radical (unpaired) electrons. The Labute approximate surface area is 180 Å². The molecule has 6 nitrogen and oxygen atoms in total. The van der Waals surface area contributed by atoms with Crippen LogP contribution >= 0.6 is 23.2 Å². The molecule has 3 rings (SSSR count). The first-order valence-electron chi connectivity index (χ1n) is 9.13. The molecule has 1 fully saturated rings. The first kappa shape index (κ1) is 21.9. The van der Waals surface area contributed by atoms with Crippen molar-refractivity contribution in [2.45, 2.75) is 24.7 Å². The van der Waals surface area contributed by atoms with Gasteiger partial charge >= 0.3 is 0 Å². The molecule has 9 heteroatoms. The number of piperidine rings is 1. The summed E-state index contributed by atoms with van der Waals surface area (Å²) in [4.78, 5) is 12.9. The first-order valence-corrected chi connectivity index (χ1v) is 11.3. The maximum absolute atomic E-state index is 13.2. The molecular formula is C20H22Cl2N2O4S. The first-order chi connectivity index (χ1) is 13.7. The molecule has 1 heterocycles. The van der Waals surface area contributed by atoms with Crippen LogP contribution in [0.1, 0.15) is 18.4 Å². The van der Waals surface area contributed by atoms with Gasteiger partial charge in [-0.2, -0.15) is 4.31 Å². The van der Waals surface area contributed by atoms with Crippen LogP contribution in [0.25, 0.3) is 0 Å². The van der Waals surface area contributed by atoms with Crippen LogP contribution in [-0.4, -0.2) is 38.8 Å². The third-order valence-corrected chi connectivity index (χ3v) is 7.32. The molecule has 1 atom stereocenters. The number of sulfonamides is 1. The molecule has 1 aliphatic rings. The number of aryl methyl sites for hydroxylation is 1. The van der Waals surface area contributed by atoms with Gasteiger partial charge in [-0.05, 0) is 55.7 Å². The van der Waals surface area contributed by atoms with Crippen molar-refractivity contribution in [3.05, 3.63) is 52.0 Å². The Morgan fingerprint density at radius 1 is 1.21 bits per heavy atom. The minimum absolute atomic E-state index is 0.0937. The van der Waals surface area contributed by atoms with E-state index in [1.165, 1.54) is 11.4 Å². The summed E-state index contributed by atoms with van der Waals surface area (Å²) >= 11 is 12.0. The van der Waals surface area contributed by atoms with Crippen LogP contribution in [0.3, 0.4) is 0 Å². The second kappa shape index (κ2) is 8.92. The predicted octanol–water partition coefficient (Wildman–Crippen LogP) is 4.35. The van der Waals surface area contributed by atoms with Gasteiger partial charge in [-0.15, -0.1) is 0 Å². The lowest BCUT2D eigenvalue weighted by atomic mass is 9.99. The number of hydrogen-bond acceptors (Lipinski definition) is 4. The van der Waals surface area contributed by atoms with E-state index in [1.807, 2.05) is 6.92 Å². The average Bonchev–Trinajstić information content (AvgIpc) is 2.70. The fourth-order valence-corrected chi connectivity index (χ4v) is 5.54. The minimum Gasteiger partial charge on any atom is -0.495 e. The van der Waals surface area contributed by atoms with Crippen molar-refractivity contribution in [2.75, 3.05) is 25.5 Å². The maximum atomic E-state index is 13.2. The summed E-state index contributed by atoms with van der Waals surface area (Å²) < 4.78 is 33.0. The van der Waals surface area contributed by atoms with Gasteiger partial charge in [-0.3, -0.25) is 4.79 Å². The Morgan fingerprint density at radius 3 is 2.66 bits per heavy atom. The van der Waals surface area contributed by atoms with Crippen LogP contribution in [0, 0.1) is 12.8 Å². The van der Waals surface area contributed by atoms with Crippen LogP contribution in [0.4, 0.5) is 5.69 Å². The molecule has 1 unspecified atom stereocenters. The number of hydrogen-bond donors (Lipinski definition) is 1. The number of rotatable bonds is 5. The van der Waals surface area contributed by atoms with Crippen molar-refractivity contribution in [1.82, 2.24) is 4.31 Å². The summed E-state index contributed by atoms with van der Waals surface area (Å²) in [6, 6.07) is 9.81. The smallest absolute Gasteiger partial charge is 0.246 e. The highest BCUT2D eigenvalue weighted by Crippen LogP contribution is 2.31. The standard InChI is InChI=1S/C20H22Cl2N2O4S/c1-13-5-8-18(28-2)19(10-13)29(26,27)24-9-3-4-14(12-24)20(25)23-17-7-6-15(21)11-16(17)22/h5-8,10-11,14H,3-4,9,12H2,1-2H3,(H,23,25). The fourth-order valence-electron chi connectivity index (χ4n) is 3.32. The summed E-state index contributed by atoms with van der Waals surface area (Å²) in [7, 11) is -2.36. The molecule has 0 aliphatic carbocycles. The number of nitrogens with zero attached hydrogens (tertiary/aromatic N) is 1. The summed E-state index contributed by atoms with van der Waals surface area (Å²) in [5.74, 6) is -0.471. The van der Waals surface area contributed by atoms with Gasteiger partial charge in [0.15, 0.2) is 0 Å². The molecule has 2 aromatic rings. The number of nitrogens with one attached hydrogen (secondary N) is 1. The lowest BCUT2D eigenvalue weighted by Crippen LogP contribution is -2.43. The molecule has 1 N–H and O–H groups in total. The summed E-state index contributed by atoms with van der Waals surface area (Å²) in [6.45, 7) is 2.27. The number of methoxy groups -OCH3 is 1. The van der Waals surface area contributed by atoms with E-state index in [1.54, 1.807) is 36.4 Å². The lowest BCUT2D eigenvalue weighted by molar-refractivity contribution is -0.120. The summed E-state index contributed by atoms with van der Waals surface area (Å²) in [6.07, 6.45) is 1.17. The molecule has 1 saturated heterocycles. The zero-order valence-electron chi connectivity index (χ0n) is 16.1. The van der Waals surface area contributed by atoms with Crippen LogP contribution in [-0.2, 0) is 14.8 Å². The van der Waals surface area contributed by atoms with Crippen molar-refractivity contribution >= 4 is 44.8 Å². The molecule has 156 valence electrons. The molecular weight excluding hydrogens is 435 g/mol. The Bertz CT molecular complexity index is 1030. The number of anilines is 1. The van der Waals surface area contributed by atoms with Crippen molar-refractivity contribution in [2.24, 2.45) is 5.92 Å². The van der Waals surface area contributed by atoms with Crippen LogP contribution in [0.5, 0.6) is 5.75 Å². The molecule has 1 aliphatic heterocycles. The lowest BCUT2D eigenvalue weighted by Gasteiger charge is -2.31. The monoisotopic (exact) mass is 456 g/mol. The normalized spacial score (nSPS) is 17.7. The number of amides is 1. The second-order valence-electron chi connectivity index (χ2n) is 6.97. The highest BCUT2D eigenvalue weighted by atomic mass is 35.5. The van der Waals surface area contributed by atoms with E-state index in [9.17, 15) is 13.2 Å². The van der Waals surface area contributed by atoms with E-state index in [0.717, 1.165) is 5.56 Å². The van der Waals surface area contributed by atoms with Gasteiger partial charge in [0.05, 0.1) is 23.7 Å². The quantitative estimate of drug-likeness (QED) is 0.725. The Kier molecular flexibility index (Phi) is 6.73. The SMILES string of the molecule is COc1ccc(C)cc1S(=O)(=O)N1CCCC(C(=O)Nc2ccc(Cl)cc2Cl)C1. The van der Waals surface area contributed by atoms with E-state index in [4.69, 9.17) is 27.9 Å². The van der Waals surface area contributed by atoms with Gasteiger partial charge < -0.3 is 10.1 Å². The Hall–Kier alpha value is -1.80. The van der Waals surface area contributed by atoms with Gasteiger partial charge in [0.2, 0.25) is 15.9 Å². The molecule has 0 spiro atoms. The fraction of sp³-hybridized carbons (Fsp3) is 0.350. The van der Waals surface area contributed by atoms with Crippen LogP contribution in [0.2, 0.25) is 10.0 Å². The average molecular weight is 457 g/mol.